The molecule has 0 bridgehead atoms. The Balaban J connectivity index is 2.01. The first kappa shape index (κ1) is 15.6. The maximum absolute atomic E-state index is 12.6. The van der Waals surface area contributed by atoms with Gasteiger partial charge >= 0.3 is 0 Å². The van der Waals surface area contributed by atoms with Gasteiger partial charge in [-0.2, -0.15) is 0 Å². The lowest BCUT2D eigenvalue weighted by atomic mass is 9.91. The van der Waals surface area contributed by atoms with E-state index in [0.717, 1.165) is 40.2 Å². The molecule has 0 atom stereocenters. The standard InChI is InChI=1S/C20H23NO2/c1-12-13(2)17(21-11-15-9-7-6-8-10-15)14(3)18-16(12)19(22)20(4,5)23-18/h6-10,21H,11H2,1-5H3. The minimum Gasteiger partial charge on any atom is -0.479 e. The molecule has 120 valence electrons. The molecular formula is C20H23NO2. The van der Waals surface area contributed by atoms with Gasteiger partial charge in [0, 0.05) is 17.8 Å². The van der Waals surface area contributed by atoms with Crippen LogP contribution in [-0.4, -0.2) is 11.4 Å². The Bertz CT molecular complexity index is 776. The minimum absolute atomic E-state index is 0.0748. The van der Waals surface area contributed by atoms with E-state index in [1.54, 1.807) is 0 Å². The third kappa shape index (κ3) is 2.50. The van der Waals surface area contributed by atoms with Gasteiger partial charge in [0.25, 0.3) is 0 Å². The molecule has 3 nitrogen and oxygen atoms in total. The second-order valence-electron chi connectivity index (χ2n) is 6.73. The number of hydrogen-bond acceptors (Lipinski definition) is 3. The molecule has 0 amide bonds. The maximum Gasteiger partial charge on any atom is 0.209 e. The minimum atomic E-state index is -0.775. The number of hydrogen-bond donors (Lipinski definition) is 1. The molecule has 0 aliphatic carbocycles. The van der Waals surface area contributed by atoms with Gasteiger partial charge in [-0.05, 0) is 51.3 Å². The van der Waals surface area contributed by atoms with Gasteiger partial charge < -0.3 is 10.1 Å². The van der Waals surface area contributed by atoms with Crippen molar-refractivity contribution in [1.82, 2.24) is 0 Å². The summed E-state index contributed by atoms with van der Waals surface area (Å²) in [4.78, 5) is 12.6. The molecule has 1 aliphatic heterocycles. The van der Waals surface area contributed by atoms with Crippen molar-refractivity contribution in [1.29, 1.82) is 0 Å². The molecule has 3 rings (SSSR count). The highest BCUT2D eigenvalue weighted by Crippen LogP contribution is 2.44. The third-order valence-electron chi connectivity index (χ3n) is 4.70. The zero-order valence-corrected chi connectivity index (χ0v) is 14.4. The number of anilines is 1. The number of ketones is 1. The fourth-order valence-electron chi connectivity index (χ4n) is 3.18. The Morgan fingerprint density at radius 3 is 2.30 bits per heavy atom. The summed E-state index contributed by atoms with van der Waals surface area (Å²) in [6, 6.07) is 10.3. The van der Waals surface area contributed by atoms with E-state index >= 15 is 0 Å². The lowest BCUT2D eigenvalue weighted by Gasteiger charge is -2.19. The van der Waals surface area contributed by atoms with Crippen molar-refractivity contribution in [3.05, 3.63) is 58.1 Å². The van der Waals surface area contributed by atoms with Crippen molar-refractivity contribution in [2.24, 2.45) is 0 Å². The van der Waals surface area contributed by atoms with Crippen LogP contribution < -0.4 is 10.1 Å². The van der Waals surface area contributed by atoms with E-state index in [1.807, 2.05) is 45.9 Å². The van der Waals surface area contributed by atoms with E-state index < -0.39 is 5.60 Å². The van der Waals surface area contributed by atoms with Crippen molar-refractivity contribution in [2.45, 2.75) is 46.8 Å². The topological polar surface area (TPSA) is 38.3 Å². The van der Waals surface area contributed by atoms with Gasteiger partial charge in [0.15, 0.2) is 5.60 Å². The maximum atomic E-state index is 12.6. The van der Waals surface area contributed by atoms with Crippen LogP contribution in [0.3, 0.4) is 0 Å². The molecule has 0 aromatic heterocycles. The molecule has 0 spiro atoms. The summed E-state index contributed by atoms with van der Waals surface area (Å²) in [5.74, 6) is 0.810. The molecule has 2 aromatic carbocycles. The zero-order valence-electron chi connectivity index (χ0n) is 14.4. The average molecular weight is 309 g/mol. The number of ether oxygens (including phenoxy) is 1. The van der Waals surface area contributed by atoms with Crippen LogP contribution in [0.15, 0.2) is 30.3 Å². The molecule has 0 fully saturated rings. The number of nitrogens with one attached hydrogen (secondary N) is 1. The molecule has 0 radical (unpaired) electrons. The summed E-state index contributed by atoms with van der Waals surface area (Å²) in [7, 11) is 0. The molecular weight excluding hydrogens is 286 g/mol. The average Bonchev–Trinajstić information content (AvgIpc) is 2.77. The quantitative estimate of drug-likeness (QED) is 0.902. The van der Waals surface area contributed by atoms with Crippen LogP contribution in [0.25, 0.3) is 0 Å². The smallest absolute Gasteiger partial charge is 0.209 e. The molecule has 23 heavy (non-hydrogen) atoms. The van der Waals surface area contributed by atoms with Crippen LogP contribution in [0, 0.1) is 20.8 Å². The molecule has 0 unspecified atom stereocenters. The largest absolute Gasteiger partial charge is 0.479 e. The monoisotopic (exact) mass is 309 g/mol. The fourth-order valence-corrected chi connectivity index (χ4v) is 3.18. The van der Waals surface area contributed by atoms with Gasteiger partial charge in [0.2, 0.25) is 5.78 Å². The summed E-state index contributed by atoms with van der Waals surface area (Å²) in [6.07, 6.45) is 0. The Hall–Kier alpha value is -2.29. The molecule has 1 N–H and O–H groups in total. The molecule has 3 heteroatoms. The fraction of sp³-hybridized carbons (Fsp3) is 0.350. The number of benzene rings is 2. The van der Waals surface area contributed by atoms with Gasteiger partial charge in [-0.3, -0.25) is 4.79 Å². The van der Waals surface area contributed by atoms with Gasteiger partial charge in [-0.25, -0.2) is 0 Å². The first-order valence-corrected chi connectivity index (χ1v) is 7.98. The Kier molecular flexibility index (Phi) is 3.67. The third-order valence-corrected chi connectivity index (χ3v) is 4.70. The predicted molar refractivity (Wildman–Crippen MR) is 93.5 cm³/mol. The van der Waals surface area contributed by atoms with E-state index in [9.17, 15) is 4.79 Å². The zero-order chi connectivity index (χ0) is 16.8. The van der Waals surface area contributed by atoms with Crippen molar-refractivity contribution in [2.75, 3.05) is 5.32 Å². The van der Waals surface area contributed by atoms with Crippen LogP contribution in [0.1, 0.15) is 46.5 Å². The van der Waals surface area contributed by atoms with Crippen LogP contribution in [-0.2, 0) is 6.54 Å². The van der Waals surface area contributed by atoms with E-state index in [0.29, 0.717) is 0 Å². The summed E-state index contributed by atoms with van der Waals surface area (Å²) >= 11 is 0. The first-order chi connectivity index (χ1) is 10.8. The molecule has 2 aromatic rings. The van der Waals surface area contributed by atoms with Crippen molar-refractivity contribution >= 4 is 11.5 Å². The highest BCUT2D eigenvalue weighted by Gasteiger charge is 2.42. The molecule has 0 saturated heterocycles. The Morgan fingerprint density at radius 2 is 1.65 bits per heavy atom. The van der Waals surface area contributed by atoms with Crippen LogP contribution in [0.2, 0.25) is 0 Å². The summed E-state index contributed by atoms with van der Waals surface area (Å²) in [5, 5.41) is 3.52. The van der Waals surface area contributed by atoms with E-state index in [-0.39, 0.29) is 5.78 Å². The summed E-state index contributed by atoms with van der Waals surface area (Å²) in [6.45, 7) is 10.5. The van der Waals surface area contributed by atoms with Crippen molar-refractivity contribution in [3.8, 4) is 5.75 Å². The highest BCUT2D eigenvalue weighted by atomic mass is 16.5. The highest BCUT2D eigenvalue weighted by molar-refractivity contribution is 6.09. The number of fused-ring (bicyclic) bond motifs is 1. The van der Waals surface area contributed by atoms with Crippen LogP contribution >= 0.6 is 0 Å². The number of carbonyl (C=O) groups is 1. The lowest BCUT2D eigenvalue weighted by Crippen LogP contribution is -2.32. The van der Waals surface area contributed by atoms with Gasteiger partial charge in [0.05, 0.1) is 5.56 Å². The lowest BCUT2D eigenvalue weighted by molar-refractivity contribution is 0.0683. The van der Waals surface area contributed by atoms with E-state index in [1.165, 1.54) is 5.56 Å². The summed E-state index contributed by atoms with van der Waals surface area (Å²) < 4.78 is 5.98. The summed E-state index contributed by atoms with van der Waals surface area (Å²) in [5.41, 5.74) is 5.40. The SMILES string of the molecule is Cc1c(C)c2c(c(C)c1NCc1ccccc1)OC(C)(C)C2=O. The van der Waals surface area contributed by atoms with Gasteiger partial charge in [0.1, 0.15) is 5.75 Å². The van der Waals surface area contributed by atoms with Crippen LogP contribution in [0.5, 0.6) is 5.75 Å². The van der Waals surface area contributed by atoms with Gasteiger partial charge in [-0.15, -0.1) is 0 Å². The first-order valence-electron chi connectivity index (χ1n) is 7.98. The van der Waals surface area contributed by atoms with E-state index in [4.69, 9.17) is 4.74 Å². The van der Waals surface area contributed by atoms with E-state index in [2.05, 4.69) is 24.4 Å². The number of carbonyl (C=O) groups excluding carboxylic acids is 1. The Morgan fingerprint density at radius 1 is 1.00 bits per heavy atom. The molecule has 1 aliphatic rings. The van der Waals surface area contributed by atoms with Gasteiger partial charge in [-0.1, -0.05) is 30.3 Å². The normalized spacial score (nSPS) is 15.3. The number of Topliss-reactive ketones (excluding diaryl/α,β-unsaturated/α-hetero) is 1. The number of rotatable bonds is 3. The second-order valence-corrected chi connectivity index (χ2v) is 6.73. The molecule has 0 saturated carbocycles. The second kappa shape index (κ2) is 5.41. The van der Waals surface area contributed by atoms with Crippen molar-refractivity contribution in [3.63, 3.8) is 0 Å². The predicted octanol–water partition coefficient (Wildman–Crippen LogP) is 4.58. The van der Waals surface area contributed by atoms with Crippen LogP contribution in [0.4, 0.5) is 5.69 Å². The Labute approximate surface area is 137 Å². The molecule has 1 heterocycles. The van der Waals surface area contributed by atoms with Crippen molar-refractivity contribution < 1.29 is 9.53 Å².